The number of carbonyl (C=O) groups excluding carboxylic acids is 1. The first kappa shape index (κ1) is 16.2. The topological polar surface area (TPSA) is 79.4 Å². The summed E-state index contributed by atoms with van der Waals surface area (Å²) in [6.45, 7) is 1.56. The van der Waals surface area contributed by atoms with Gasteiger partial charge in [0, 0.05) is 14.1 Å². The SMILES string of the molecule is CC(Cl)C(=O)Nc1nc2ccc(S(=O)(=O)N(C)C)cc2s1. The number of anilines is 1. The lowest BCUT2D eigenvalue weighted by Crippen LogP contribution is -2.22. The number of benzene rings is 1. The molecule has 0 fully saturated rings. The average Bonchev–Trinajstić information content (AvgIpc) is 2.79. The van der Waals surface area contributed by atoms with Crippen LogP contribution in [0.1, 0.15) is 6.92 Å². The molecule has 1 amide bonds. The Morgan fingerprint density at radius 1 is 1.43 bits per heavy atom. The van der Waals surface area contributed by atoms with E-state index in [9.17, 15) is 13.2 Å². The highest BCUT2D eigenvalue weighted by atomic mass is 35.5. The van der Waals surface area contributed by atoms with Gasteiger partial charge in [-0.25, -0.2) is 17.7 Å². The van der Waals surface area contributed by atoms with Crippen molar-refractivity contribution in [2.75, 3.05) is 19.4 Å². The molecule has 2 rings (SSSR count). The van der Waals surface area contributed by atoms with Gasteiger partial charge in [0.25, 0.3) is 0 Å². The van der Waals surface area contributed by atoms with E-state index in [2.05, 4.69) is 10.3 Å². The van der Waals surface area contributed by atoms with E-state index in [4.69, 9.17) is 11.6 Å². The molecular weight excluding hydrogens is 334 g/mol. The van der Waals surface area contributed by atoms with E-state index in [1.807, 2.05) is 0 Å². The molecule has 0 aliphatic carbocycles. The van der Waals surface area contributed by atoms with Crippen LogP contribution in [0, 0.1) is 0 Å². The molecule has 1 atom stereocenters. The molecule has 0 bridgehead atoms. The van der Waals surface area contributed by atoms with Crippen LogP contribution in [-0.4, -0.2) is 43.1 Å². The Kier molecular flexibility index (Phi) is 4.52. The van der Waals surface area contributed by atoms with Gasteiger partial charge in [0.05, 0.1) is 15.1 Å². The van der Waals surface area contributed by atoms with E-state index in [-0.39, 0.29) is 10.8 Å². The third-order valence-electron chi connectivity index (χ3n) is 2.73. The smallest absolute Gasteiger partial charge is 0.243 e. The van der Waals surface area contributed by atoms with Crippen molar-refractivity contribution in [3.8, 4) is 0 Å². The van der Waals surface area contributed by atoms with Crippen molar-refractivity contribution in [1.82, 2.24) is 9.29 Å². The Bertz CT molecular complexity index is 784. The first-order chi connectivity index (χ1) is 9.71. The fourth-order valence-electron chi connectivity index (χ4n) is 1.53. The van der Waals surface area contributed by atoms with Crippen LogP contribution in [-0.2, 0) is 14.8 Å². The van der Waals surface area contributed by atoms with Gasteiger partial charge in [0.15, 0.2) is 5.13 Å². The first-order valence-electron chi connectivity index (χ1n) is 6.00. The third-order valence-corrected chi connectivity index (χ3v) is 5.67. The minimum Gasteiger partial charge on any atom is -0.301 e. The molecule has 2 aromatic rings. The number of amides is 1. The molecule has 9 heteroatoms. The van der Waals surface area contributed by atoms with Crippen LogP contribution in [0.4, 0.5) is 5.13 Å². The fourth-order valence-corrected chi connectivity index (χ4v) is 3.50. The van der Waals surface area contributed by atoms with Crippen LogP contribution < -0.4 is 5.32 Å². The molecule has 114 valence electrons. The fraction of sp³-hybridized carbons (Fsp3) is 0.333. The van der Waals surface area contributed by atoms with Gasteiger partial charge in [-0.3, -0.25) is 4.79 Å². The number of sulfonamides is 1. The number of thiazole rings is 1. The molecule has 1 aromatic carbocycles. The van der Waals surface area contributed by atoms with Crippen molar-refractivity contribution in [3.05, 3.63) is 18.2 Å². The lowest BCUT2D eigenvalue weighted by Gasteiger charge is -2.10. The summed E-state index contributed by atoms with van der Waals surface area (Å²) in [5, 5.41) is 2.31. The number of aromatic nitrogens is 1. The minimum absolute atomic E-state index is 0.187. The summed E-state index contributed by atoms with van der Waals surface area (Å²) in [4.78, 5) is 15.9. The standard InChI is InChI=1S/C12H14ClN3O3S2/c1-7(13)11(17)15-12-14-9-5-4-8(6-10(9)20-12)21(18,19)16(2)3/h4-7H,1-3H3,(H,14,15,17). The van der Waals surface area contributed by atoms with Gasteiger partial charge in [0.1, 0.15) is 5.38 Å². The van der Waals surface area contributed by atoms with E-state index in [0.29, 0.717) is 15.3 Å². The molecule has 1 heterocycles. The van der Waals surface area contributed by atoms with Crippen LogP contribution in [0.25, 0.3) is 10.2 Å². The minimum atomic E-state index is -3.49. The van der Waals surface area contributed by atoms with E-state index >= 15 is 0 Å². The quantitative estimate of drug-likeness (QED) is 0.859. The van der Waals surface area contributed by atoms with Gasteiger partial charge >= 0.3 is 0 Å². The van der Waals surface area contributed by atoms with Crippen molar-refractivity contribution in [2.24, 2.45) is 0 Å². The van der Waals surface area contributed by atoms with E-state index < -0.39 is 15.4 Å². The zero-order valence-electron chi connectivity index (χ0n) is 11.6. The van der Waals surface area contributed by atoms with Crippen molar-refractivity contribution in [1.29, 1.82) is 0 Å². The highest BCUT2D eigenvalue weighted by molar-refractivity contribution is 7.89. The molecule has 0 aliphatic heterocycles. The number of nitrogens with zero attached hydrogens (tertiary/aromatic N) is 2. The van der Waals surface area contributed by atoms with Crippen molar-refractivity contribution < 1.29 is 13.2 Å². The highest BCUT2D eigenvalue weighted by Crippen LogP contribution is 2.29. The summed E-state index contributed by atoms with van der Waals surface area (Å²) >= 11 is 6.88. The largest absolute Gasteiger partial charge is 0.301 e. The van der Waals surface area contributed by atoms with Crippen LogP contribution in [0.15, 0.2) is 23.1 Å². The molecule has 1 N–H and O–H groups in total. The molecule has 21 heavy (non-hydrogen) atoms. The second-order valence-electron chi connectivity index (χ2n) is 4.54. The number of fused-ring (bicyclic) bond motifs is 1. The third kappa shape index (κ3) is 3.34. The lowest BCUT2D eigenvalue weighted by atomic mass is 10.3. The maximum atomic E-state index is 12.1. The summed E-state index contributed by atoms with van der Waals surface area (Å²) in [6.07, 6.45) is 0. The maximum Gasteiger partial charge on any atom is 0.243 e. The molecule has 0 saturated heterocycles. The molecule has 6 nitrogen and oxygen atoms in total. The number of rotatable bonds is 4. The second-order valence-corrected chi connectivity index (χ2v) is 8.38. The van der Waals surface area contributed by atoms with Gasteiger partial charge in [-0.2, -0.15) is 0 Å². The number of halogens is 1. The summed E-state index contributed by atoms with van der Waals surface area (Å²) in [5.41, 5.74) is 0.621. The van der Waals surface area contributed by atoms with Crippen LogP contribution in [0.5, 0.6) is 0 Å². The van der Waals surface area contributed by atoms with Crippen LogP contribution >= 0.6 is 22.9 Å². The molecule has 0 spiro atoms. The average molecular weight is 348 g/mol. The van der Waals surface area contributed by atoms with Crippen LogP contribution in [0.2, 0.25) is 0 Å². The van der Waals surface area contributed by atoms with Gasteiger partial charge in [-0.05, 0) is 25.1 Å². The van der Waals surface area contributed by atoms with Gasteiger partial charge in [-0.15, -0.1) is 11.6 Å². The van der Waals surface area contributed by atoms with Gasteiger partial charge in [0.2, 0.25) is 15.9 Å². The summed E-state index contributed by atoms with van der Waals surface area (Å²) in [5.74, 6) is -0.350. The van der Waals surface area contributed by atoms with E-state index in [1.54, 1.807) is 19.1 Å². The van der Waals surface area contributed by atoms with Gasteiger partial charge < -0.3 is 5.32 Å². The number of carbonyl (C=O) groups is 1. The number of hydrogen-bond donors (Lipinski definition) is 1. The number of alkyl halides is 1. The molecule has 0 aliphatic rings. The molecule has 0 radical (unpaired) electrons. The molecule has 0 saturated carbocycles. The van der Waals surface area contributed by atoms with Crippen LogP contribution in [0.3, 0.4) is 0 Å². The Morgan fingerprint density at radius 2 is 2.10 bits per heavy atom. The van der Waals surface area contributed by atoms with E-state index in [0.717, 1.165) is 4.31 Å². The molecule has 1 unspecified atom stereocenters. The van der Waals surface area contributed by atoms with E-state index in [1.165, 1.54) is 31.5 Å². The Hall–Kier alpha value is -1.22. The Balaban J connectivity index is 2.39. The van der Waals surface area contributed by atoms with Gasteiger partial charge in [-0.1, -0.05) is 11.3 Å². The Labute approximate surface area is 131 Å². The highest BCUT2D eigenvalue weighted by Gasteiger charge is 2.19. The predicted molar refractivity (Wildman–Crippen MR) is 84.4 cm³/mol. The van der Waals surface area contributed by atoms with Crippen molar-refractivity contribution >= 4 is 54.2 Å². The summed E-state index contributed by atoms with van der Waals surface area (Å²) in [6, 6.07) is 4.65. The predicted octanol–water partition coefficient (Wildman–Crippen LogP) is 2.11. The molecule has 1 aromatic heterocycles. The first-order valence-corrected chi connectivity index (χ1v) is 8.69. The van der Waals surface area contributed by atoms with Crippen molar-refractivity contribution in [3.63, 3.8) is 0 Å². The zero-order valence-corrected chi connectivity index (χ0v) is 14.0. The Morgan fingerprint density at radius 3 is 2.67 bits per heavy atom. The normalized spacial score (nSPS) is 13.6. The van der Waals surface area contributed by atoms with Crippen molar-refractivity contribution in [2.45, 2.75) is 17.2 Å². The number of hydrogen-bond acceptors (Lipinski definition) is 5. The summed E-state index contributed by atoms with van der Waals surface area (Å²) < 4.78 is 26.0. The maximum absolute atomic E-state index is 12.1. The number of nitrogens with one attached hydrogen (secondary N) is 1. The monoisotopic (exact) mass is 347 g/mol. The lowest BCUT2D eigenvalue weighted by molar-refractivity contribution is -0.115. The second kappa shape index (κ2) is 5.88. The summed E-state index contributed by atoms with van der Waals surface area (Å²) in [7, 11) is -0.548. The molecular formula is C12H14ClN3O3S2. The zero-order chi connectivity index (χ0) is 15.8.